The number of rotatable bonds is 5. The van der Waals surface area contributed by atoms with Crippen LogP contribution in [0, 0.1) is 0 Å². The molecule has 1 aromatic carbocycles. The van der Waals surface area contributed by atoms with Crippen LogP contribution in [0.15, 0.2) is 28.7 Å². The largest absolute Gasteiger partial charge is 0.423 e. The number of fused-ring (bicyclic) bond motifs is 1. The second-order valence-corrected chi connectivity index (χ2v) is 5.10. The van der Waals surface area contributed by atoms with Crippen LogP contribution in [0.3, 0.4) is 0 Å². The Labute approximate surface area is 118 Å². The van der Waals surface area contributed by atoms with Crippen LogP contribution in [0.1, 0.15) is 12.8 Å². The van der Waals surface area contributed by atoms with Crippen LogP contribution < -0.4 is 4.90 Å². The van der Waals surface area contributed by atoms with Crippen molar-refractivity contribution in [2.75, 3.05) is 37.6 Å². The minimum absolute atomic E-state index is 0.658. The minimum atomic E-state index is 0.658. The molecule has 2 aromatic rings. The average molecular weight is 273 g/mol. The molecule has 5 heteroatoms. The third-order valence-corrected chi connectivity index (χ3v) is 3.72. The predicted octanol–water partition coefficient (Wildman–Crippen LogP) is 1.93. The van der Waals surface area contributed by atoms with E-state index in [-0.39, 0.29) is 0 Å². The summed E-state index contributed by atoms with van der Waals surface area (Å²) < 4.78 is 5.79. The quantitative estimate of drug-likeness (QED) is 0.615. The Balaban J connectivity index is 1.58. The van der Waals surface area contributed by atoms with Gasteiger partial charge in [0, 0.05) is 32.6 Å². The van der Waals surface area contributed by atoms with E-state index in [0.717, 1.165) is 62.5 Å². The zero-order chi connectivity index (χ0) is 13.8. The summed E-state index contributed by atoms with van der Waals surface area (Å²) in [6.45, 7) is 4.84. The lowest BCUT2D eigenvalue weighted by Crippen LogP contribution is -2.46. The summed E-state index contributed by atoms with van der Waals surface area (Å²) >= 11 is 0. The Morgan fingerprint density at radius 2 is 2.00 bits per heavy atom. The zero-order valence-electron chi connectivity index (χ0n) is 11.5. The van der Waals surface area contributed by atoms with Gasteiger partial charge in [-0.1, -0.05) is 12.1 Å². The highest BCUT2D eigenvalue weighted by atomic mass is 16.4. The van der Waals surface area contributed by atoms with E-state index < -0.39 is 0 Å². The highest BCUT2D eigenvalue weighted by molar-refractivity contribution is 5.74. The van der Waals surface area contributed by atoms with Gasteiger partial charge in [-0.25, -0.2) is 0 Å². The number of nitrogens with zero attached hydrogens (tertiary/aromatic N) is 3. The summed E-state index contributed by atoms with van der Waals surface area (Å²) in [5, 5.41) is 0. The van der Waals surface area contributed by atoms with Crippen molar-refractivity contribution in [1.82, 2.24) is 9.88 Å². The molecule has 1 aromatic heterocycles. The summed E-state index contributed by atoms with van der Waals surface area (Å²) in [5.74, 6) is 0. The monoisotopic (exact) mass is 273 g/mol. The fraction of sp³-hybridized carbons (Fsp3) is 0.467. The molecule has 3 rings (SSSR count). The SMILES string of the molecule is O=CCCCN1CCN(c2nc3ccccc3o2)CC1. The van der Waals surface area contributed by atoms with Crippen molar-refractivity contribution in [2.45, 2.75) is 12.8 Å². The van der Waals surface area contributed by atoms with Crippen molar-refractivity contribution in [2.24, 2.45) is 0 Å². The number of benzene rings is 1. The van der Waals surface area contributed by atoms with Crippen LogP contribution in [0.5, 0.6) is 0 Å². The fourth-order valence-corrected chi connectivity index (χ4v) is 2.56. The van der Waals surface area contributed by atoms with Gasteiger partial charge >= 0.3 is 0 Å². The molecule has 0 aliphatic carbocycles. The topological polar surface area (TPSA) is 49.6 Å². The minimum Gasteiger partial charge on any atom is -0.423 e. The number of hydrogen-bond donors (Lipinski definition) is 0. The Bertz CT molecular complexity index is 540. The first kappa shape index (κ1) is 13.1. The smallest absolute Gasteiger partial charge is 0.298 e. The first-order valence-corrected chi connectivity index (χ1v) is 7.13. The molecule has 2 heterocycles. The number of carbonyl (C=O) groups is 1. The lowest BCUT2D eigenvalue weighted by Gasteiger charge is -2.33. The summed E-state index contributed by atoms with van der Waals surface area (Å²) in [7, 11) is 0. The van der Waals surface area contributed by atoms with Crippen LogP contribution in [0.2, 0.25) is 0 Å². The molecule has 1 fully saturated rings. The molecule has 0 atom stereocenters. The predicted molar refractivity (Wildman–Crippen MR) is 78.0 cm³/mol. The summed E-state index contributed by atoms with van der Waals surface area (Å²) in [6.07, 6.45) is 2.60. The molecule has 0 spiro atoms. The van der Waals surface area contributed by atoms with E-state index in [0.29, 0.717) is 6.42 Å². The average Bonchev–Trinajstić information content (AvgIpc) is 2.92. The fourth-order valence-electron chi connectivity index (χ4n) is 2.56. The normalized spacial score (nSPS) is 16.7. The molecular weight excluding hydrogens is 254 g/mol. The van der Waals surface area contributed by atoms with Crippen molar-refractivity contribution in [3.05, 3.63) is 24.3 Å². The van der Waals surface area contributed by atoms with E-state index in [2.05, 4.69) is 14.8 Å². The number of unbranched alkanes of at least 4 members (excludes halogenated alkanes) is 1. The van der Waals surface area contributed by atoms with Gasteiger partial charge in [0.1, 0.15) is 11.8 Å². The zero-order valence-corrected chi connectivity index (χ0v) is 11.5. The molecule has 5 nitrogen and oxygen atoms in total. The first-order valence-electron chi connectivity index (χ1n) is 7.13. The Kier molecular flexibility index (Phi) is 3.97. The van der Waals surface area contributed by atoms with E-state index in [1.54, 1.807) is 0 Å². The molecule has 20 heavy (non-hydrogen) atoms. The lowest BCUT2D eigenvalue weighted by atomic mass is 10.2. The molecular formula is C15H19N3O2. The first-order chi connectivity index (χ1) is 9.86. The molecule has 106 valence electrons. The number of para-hydroxylation sites is 2. The van der Waals surface area contributed by atoms with Gasteiger partial charge in [-0.15, -0.1) is 0 Å². The molecule has 1 aliphatic heterocycles. The second kappa shape index (κ2) is 6.05. The van der Waals surface area contributed by atoms with Crippen molar-refractivity contribution in [3.8, 4) is 0 Å². The maximum atomic E-state index is 10.3. The Morgan fingerprint density at radius 3 is 2.75 bits per heavy atom. The van der Waals surface area contributed by atoms with Gasteiger partial charge in [-0.2, -0.15) is 4.98 Å². The van der Waals surface area contributed by atoms with Crippen molar-refractivity contribution in [3.63, 3.8) is 0 Å². The maximum Gasteiger partial charge on any atom is 0.298 e. The van der Waals surface area contributed by atoms with E-state index in [1.165, 1.54) is 0 Å². The Morgan fingerprint density at radius 1 is 1.20 bits per heavy atom. The third kappa shape index (κ3) is 2.82. The van der Waals surface area contributed by atoms with Gasteiger partial charge in [-0.3, -0.25) is 4.90 Å². The molecule has 0 N–H and O–H groups in total. The molecule has 1 aliphatic rings. The Hall–Kier alpha value is -1.88. The second-order valence-electron chi connectivity index (χ2n) is 5.10. The number of anilines is 1. The number of carbonyl (C=O) groups excluding carboxylic acids is 1. The summed E-state index contributed by atoms with van der Waals surface area (Å²) in [4.78, 5) is 19.4. The number of oxazole rings is 1. The van der Waals surface area contributed by atoms with E-state index in [1.807, 2.05) is 24.3 Å². The summed E-state index contributed by atoms with van der Waals surface area (Å²) in [6, 6.07) is 8.57. The van der Waals surface area contributed by atoms with Crippen LogP contribution in [0.4, 0.5) is 6.01 Å². The van der Waals surface area contributed by atoms with Crippen LogP contribution >= 0.6 is 0 Å². The van der Waals surface area contributed by atoms with Crippen LogP contribution in [-0.4, -0.2) is 48.9 Å². The van der Waals surface area contributed by atoms with Crippen LogP contribution in [0.25, 0.3) is 11.1 Å². The lowest BCUT2D eigenvalue weighted by molar-refractivity contribution is -0.108. The van der Waals surface area contributed by atoms with Gasteiger partial charge in [0.15, 0.2) is 5.58 Å². The molecule has 0 unspecified atom stereocenters. The molecule has 0 amide bonds. The van der Waals surface area contributed by atoms with E-state index in [4.69, 9.17) is 4.42 Å². The molecule has 0 saturated carbocycles. The van der Waals surface area contributed by atoms with Gasteiger partial charge in [0.25, 0.3) is 6.01 Å². The molecule has 0 radical (unpaired) electrons. The molecule has 0 bridgehead atoms. The van der Waals surface area contributed by atoms with Crippen molar-refractivity contribution >= 4 is 23.4 Å². The number of hydrogen-bond acceptors (Lipinski definition) is 5. The standard InChI is InChI=1S/C15H19N3O2/c19-12-4-3-7-17-8-10-18(11-9-17)15-16-13-5-1-2-6-14(13)20-15/h1-2,5-6,12H,3-4,7-11H2. The number of aromatic nitrogens is 1. The van der Waals surface area contributed by atoms with Gasteiger partial charge < -0.3 is 14.1 Å². The van der Waals surface area contributed by atoms with Gasteiger partial charge in [0.2, 0.25) is 0 Å². The molecule has 1 saturated heterocycles. The van der Waals surface area contributed by atoms with Crippen molar-refractivity contribution in [1.29, 1.82) is 0 Å². The maximum absolute atomic E-state index is 10.3. The highest BCUT2D eigenvalue weighted by Gasteiger charge is 2.20. The van der Waals surface area contributed by atoms with Gasteiger partial charge in [0.05, 0.1) is 0 Å². The third-order valence-electron chi connectivity index (χ3n) is 3.72. The highest BCUT2D eigenvalue weighted by Crippen LogP contribution is 2.22. The summed E-state index contributed by atoms with van der Waals surface area (Å²) in [5.41, 5.74) is 1.76. The van der Waals surface area contributed by atoms with Crippen LogP contribution in [-0.2, 0) is 4.79 Å². The van der Waals surface area contributed by atoms with Crippen molar-refractivity contribution < 1.29 is 9.21 Å². The van der Waals surface area contributed by atoms with Gasteiger partial charge in [-0.05, 0) is 25.1 Å². The number of aldehydes is 1. The number of piperazine rings is 1. The van der Waals surface area contributed by atoms with E-state index >= 15 is 0 Å². The van der Waals surface area contributed by atoms with E-state index in [9.17, 15) is 4.79 Å².